The van der Waals surface area contributed by atoms with Crippen molar-refractivity contribution in [2.45, 2.75) is 47.1 Å². The van der Waals surface area contributed by atoms with Crippen molar-refractivity contribution in [3.05, 3.63) is 34.4 Å². The molecule has 1 rings (SSSR count). The van der Waals surface area contributed by atoms with E-state index in [1.165, 1.54) is 11.1 Å². The molecule has 0 aromatic heterocycles. The van der Waals surface area contributed by atoms with Crippen LogP contribution in [0.15, 0.2) is 12.1 Å². The molecule has 0 radical (unpaired) electrons. The van der Waals surface area contributed by atoms with Crippen LogP contribution in [0.3, 0.4) is 0 Å². The zero-order chi connectivity index (χ0) is 12.3. The van der Waals surface area contributed by atoms with Crippen molar-refractivity contribution in [2.24, 2.45) is 0 Å². The zero-order valence-electron chi connectivity index (χ0n) is 10.8. The van der Waals surface area contributed by atoms with Crippen LogP contribution in [0.5, 0.6) is 0 Å². The molecule has 1 N–H and O–H groups in total. The van der Waals surface area contributed by atoms with Gasteiger partial charge in [0.05, 0.1) is 0 Å². The van der Waals surface area contributed by atoms with E-state index in [-0.39, 0.29) is 11.9 Å². The predicted octanol–water partition coefficient (Wildman–Crippen LogP) is 3.14. The van der Waals surface area contributed by atoms with E-state index in [1.54, 1.807) is 0 Å². The lowest BCUT2D eigenvalue weighted by atomic mass is 10.00. The Kier molecular flexibility index (Phi) is 4.11. The number of aryl methyl sites for hydroxylation is 3. The molecule has 2 nitrogen and oxygen atoms in total. The fraction of sp³-hybridized carbons (Fsp3) is 0.500. The summed E-state index contributed by atoms with van der Waals surface area (Å²) in [6, 6.07) is 4.27. The maximum absolute atomic E-state index is 12.0. The summed E-state index contributed by atoms with van der Waals surface area (Å²) in [5.74, 6) is 0.0370. The fourth-order valence-electron chi connectivity index (χ4n) is 1.61. The normalized spacial score (nSPS) is 12.3. The van der Waals surface area contributed by atoms with E-state index in [0.717, 1.165) is 17.5 Å². The van der Waals surface area contributed by atoms with Gasteiger partial charge in [0.15, 0.2) is 0 Å². The van der Waals surface area contributed by atoms with E-state index >= 15 is 0 Å². The minimum atomic E-state index is 0.0370. The standard InChI is InChI=1S/C14H21NO/c1-6-12(5)15-14(16)13-8-10(3)9(2)7-11(13)4/h7-8,12H,6H2,1-5H3,(H,15,16). The first-order valence-corrected chi connectivity index (χ1v) is 5.84. The average Bonchev–Trinajstić information content (AvgIpc) is 2.23. The molecule has 0 aliphatic heterocycles. The first-order chi connectivity index (χ1) is 7.45. The number of rotatable bonds is 3. The van der Waals surface area contributed by atoms with Gasteiger partial charge < -0.3 is 5.32 Å². The van der Waals surface area contributed by atoms with E-state index in [2.05, 4.69) is 25.2 Å². The largest absolute Gasteiger partial charge is 0.350 e. The number of benzene rings is 1. The molecule has 0 aliphatic carbocycles. The highest BCUT2D eigenvalue weighted by Gasteiger charge is 2.12. The number of amides is 1. The third-order valence-electron chi connectivity index (χ3n) is 3.08. The van der Waals surface area contributed by atoms with Gasteiger partial charge in [0.25, 0.3) is 5.91 Å². The Morgan fingerprint density at radius 3 is 2.31 bits per heavy atom. The quantitative estimate of drug-likeness (QED) is 0.831. The van der Waals surface area contributed by atoms with Crippen molar-refractivity contribution in [1.29, 1.82) is 0 Å². The molecule has 1 atom stereocenters. The smallest absolute Gasteiger partial charge is 0.251 e. The van der Waals surface area contributed by atoms with Crippen LogP contribution >= 0.6 is 0 Å². The number of hydrogen-bond acceptors (Lipinski definition) is 1. The lowest BCUT2D eigenvalue weighted by Crippen LogP contribution is -2.32. The molecule has 1 amide bonds. The lowest BCUT2D eigenvalue weighted by Gasteiger charge is -2.14. The zero-order valence-corrected chi connectivity index (χ0v) is 10.8. The Morgan fingerprint density at radius 2 is 1.75 bits per heavy atom. The number of carbonyl (C=O) groups is 1. The third kappa shape index (κ3) is 2.84. The molecule has 0 spiro atoms. The molecule has 1 aromatic carbocycles. The van der Waals surface area contributed by atoms with Gasteiger partial charge in [-0.05, 0) is 56.9 Å². The molecule has 0 saturated carbocycles. The minimum Gasteiger partial charge on any atom is -0.350 e. The topological polar surface area (TPSA) is 29.1 Å². The molecule has 16 heavy (non-hydrogen) atoms. The number of carbonyl (C=O) groups excluding carboxylic acids is 1. The van der Waals surface area contributed by atoms with E-state index in [1.807, 2.05) is 26.8 Å². The van der Waals surface area contributed by atoms with E-state index in [0.29, 0.717) is 0 Å². The Hall–Kier alpha value is -1.31. The second kappa shape index (κ2) is 5.15. The third-order valence-corrected chi connectivity index (χ3v) is 3.08. The van der Waals surface area contributed by atoms with E-state index in [4.69, 9.17) is 0 Å². The first kappa shape index (κ1) is 12.8. The van der Waals surface area contributed by atoms with Gasteiger partial charge >= 0.3 is 0 Å². The molecule has 0 bridgehead atoms. The van der Waals surface area contributed by atoms with Crippen LogP contribution in [0.2, 0.25) is 0 Å². The van der Waals surface area contributed by atoms with Crippen LogP contribution in [0.1, 0.15) is 47.3 Å². The summed E-state index contributed by atoms with van der Waals surface area (Å²) >= 11 is 0. The molecule has 0 heterocycles. The number of hydrogen-bond donors (Lipinski definition) is 1. The molecule has 1 aromatic rings. The summed E-state index contributed by atoms with van der Waals surface area (Å²) in [5, 5.41) is 2.99. The SMILES string of the molecule is CCC(C)NC(=O)c1cc(C)c(C)cc1C. The molecule has 2 heteroatoms. The van der Waals surface area contributed by atoms with Crippen LogP contribution in [-0.4, -0.2) is 11.9 Å². The summed E-state index contributed by atoms with van der Waals surface area (Å²) in [5.41, 5.74) is 4.24. The van der Waals surface area contributed by atoms with Crippen LogP contribution in [0, 0.1) is 20.8 Å². The van der Waals surface area contributed by atoms with Crippen LogP contribution in [0.25, 0.3) is 0 Å². The van der Waals surface area contributed by atoms with Gasteiger partial charge in [0.2, 0.25) is 0 Å². The molecular formula is C14H21NO. The summed E-state index contributed by atoms with van der Waals surface area (Å²) in [6.45, 7) is 10.2. The van der Waals surface area contributed by atoms with Crippen molar-refractivity contribution >= 4 is 5.91 Å². The predicted molar refractivity (Wildman–Crippen MR) is 67.9 cm³/mol. The van der Waals surface area contributed by atoms with E-state index < -0.39 is 0 Å². The summed E-state index contributed by atoms with van der Waals surface area (Å²) in [7, 11) is 0. The molecule has 0 aliphatic rings. The molecule has 1 unspecified atom stereocenters. The maximum atomic E-state index is 12.0. The summed E-state index contributed by atoms with van der Waals surface area (Å²) in [4.78, 5) is 12.0. The van der Waals surface area contributed by atoms with Gasteiger partial charge in [-0.3, -0.25) is 4.79 Å². The Balaban J connectivity index is 2.96. The molecule has 0 fully saturated rings. The van der Waals surface area contributed by atoms with Crippen molar-refractivity contribution in [1.82, 2.24) is 5.32 Å². The lowest BCUT2D eigenvalue weighted by molar-refractivity contribution is 0.0938. The fourth-order valence-corrected chi connectivity index (χ4v) is 1.61. The average molecular weight is 219 g/mol. The Bertz CT molecular complexity index is 396. The Morgan fingerprint density at radius 1 is 1.19 bits per heavy atom. The highest BCUT2D eigenvalue weighted by Crippen LogP contribution is 2.15. The van der Waals surface area contributed by atoms with Gasteiger partial charge in [0, 0.05) is 11.6 Å². The first-order valence-electron chi connectivity index (χ1n) is 5.84. The highest BCUT2D eigenvalue weighted by atomic mass is 16.1. The number of nitrogens with one attached hydrogen (secondary N) is 1. The van der Waals surface area contributed by atoms with E-state index in [9.17, 15) is 4.79 Å². The summed E-state index contributed by atoms with van der Waals surface area (Å²) in [6.07, 6.45) is 0.954. The molecule has 0 saturated heterocycles. The van der Waals surface area contributed by atoms with Crippen molar-refractivity contribution in [3.8, 4) is 0 Å². The molecule has 88 valence electrons. The minimum absolute atomic E-state index is 0.0370. The van der Waals surface area contributed by atoms with Crippen molar-refractivity contribution in [3.63, 3.8) is 0 Å². The van der Waals surface area contributed by atoms with Crippen molar-refractivity contribution in [2.75, 3.05) is 0 Å². The van der Waals surface area contributed by atoms with Crippen LogP contribution < -0.4 is 5.32 Å². The van der Waals surface area contributed by atoms with Gasteiger partial charge in [-0.1, -0.05) is 13.0 Å². The maximum Gasteiger partial charge on any atom is 0.251 e. The second-order valence-electron chi connectivity index (χ2n) is 4.53. The van der Waals surface area contributed by atoms with Crippen molar-refractivity contribution < 1.29 is 4.79 Å². The van der Waals surface area contributed by atoms with Gasteiger partial charge in [-0.25, -0.2) is 0 Å². The van der Waals surface area contributed by atoms with Crippen LogP contribution in [0.4, 0.5) is 0 Å². The molecular weight excluding hydrogens is 198 g/mol. The monoisotopic (exact) mass is 219 g/mol. The Labute approximate surface area is 98.1 Å². The van der Waals surface area contributed by atoms with Gasteiger partial charge in [-0.2, -0.15) is 0 Å². The highest BCUT2D eigenvalue weighted by molar-refractivity contribution is 5.96. The van der Waals surface area contributed by atoms with Crippen LogP contribution in [-0.2, 0) is 0 Å². The van der Waals surface area contributed by atoms with Gasteiger partial charge in [0.1, 0.15) is 0 Å². The summed E-state index contributed by atoms with van der Waals surface area (Å²) < 4.78 is 0. The second-order valence-corrected chi connectivity index (χ2v) is 4.53. The van der Waals surface area contributed by atoms with Gasteiger partial charge in [-0.15, -0.1) is 0 Å².